The van der Waals surface area contributed by atoms with Crippen molar-refractivity contribution in [2.24, 2.45) is 0 Å². The Morgan fingerprint density at radius 1 is 1.31 bits per heavy atom. The molecule has 12 heteroatoms. The molecule has 0 bridgehead atoms. The smallest absolute Gasteiger partial charge is 0.326 e. The number of nitrogens with zero attached hydrogens (tertiary/aromatic N) is 4. The average Bonchev–Trinajstić information content (AvgIpc) is 3.64. The molecule has 0 spiro atoms. The first-order chi connectivity index (χ1) is 18.9. The molecule has 0 saturated heterocycles. The number of carbonyl (C=O) groups excluding carboxylic acids is 1. The number of hydrogen-bond donors (Lipinski definition) is 3. The molecule has 2 atom stereocenters. The van der Waals surface area contributed by atoms with Crippen molar-refractivity contribution in [3.63, 3.8) is 0 Å². The number of aliphatic carboxylic acids is 1. The van der Waals surface area contributed by atoms with E-state index >= 15 is 0 Å². The third kappa shape index (κ3) is 7.46. The number of carboxylic acid groups (broad SMARTS) is 1. The van der Waals surface area contributed by atoms with Gasteiger partial charge in [-0.1, -0.05) is 17.7 Å². The van der Waals surface area contributed by atoms with Gasteiger partial charge in [0, 0.05) is 32.4 Å². The Kier molecular flexibility index (Phi) is 10.1. The fourth-order valence-corrected chi connectivity index (χ4v) is 5.30. The molecule has 4 rings (SSSR count). The summed E-state index contributed by atoms with van der Waals surface area (Å²) in [4.78, 5) is 31.8. The van der Waals surface area contributed by atoms with Crippen LogP contribution in [0.15, 0.2) is 24.4 Å². The van der Waals surface area contributed by atoms with E-state index in [1.807, 2.05) is 4.90 Å². The van der Waals surface area contributed by atoms with Gasteiger partial charge in [0.05, 0.1) is 12.3 Å². The van der Waals surface area contributed by atoms with E-state index in [1.54, 1.807) is 6.07 Å². The quantitative estimate of drug-likeness (QED) is 0.266. The van der Waals surface area contributed by atoms with Gasteiger partial charge in [0.15, 0.2) is 0 Å². The summed E-state index contributed by atoms with van der Waals surface area (Å²) < 4.78 is 20.1. The molecule has 214 valence electrons. The van der Waals surface area contributed by atoms with Crippen LogP contribution >= 0.6 is 11.6 Å². The largest absolute Gasteiger partial charge is 0.480 e. The number of alkyl halides is 1. The first-order valence-electron chi connectivity index (χ1n) is 13.6. The van der Waals surface area contributed by atoms with Crippen molar-refractivity contribution < 1.29 is 23.8 Å². The number of fused-ring (bicyclic) bond motifs is 1. The Bertz CT molecular complexity index is 1120. The molecule has 1 saturated carbocycles. The third-order valence-corrected chi connectivity index (χ3v) is 7.85. The number of unbranched alkanes of at least 4 members (excludes halogenated alkanes) is 1. The SMILES string of the molecule is COC(CF)CN(CCCCc1ccc2c(n1)NCCC2)CCC(NC(=O)C1(n2nccc2Cl)CC1)C(=O)O. The summed E-state index contributed by atoms with van der Waals surface area (Å²) in [7, 11) is 1.47. The van der Waals surface area contributed by atoms with E-state index in [0.29, 0.717) is 37.6 Å². The van der Waals surface area contributed by atoms with Crippen LogP contribution in [0.2, 0.25) is 5.15 Å². The molecular formula is C27H38ClFN6O4. The van der Waals surface area contributed by atoms with Gasteiger partial charge < -0.3 is 25.4 Å². The minimum Gasteiger partial charge on any atom is -0.480 e. The number of hydrogen-bond acceptors (Lipinski definition) is 7. The monoisotopic (exact) mass is 564 g/mol. The predicted molar refractivity (Wildman–Crippen MR) is 146 cm³/mol. The van der Waals surface area contributed by atoms with Gasteiger partial charge in [0.1, 0.15) is 29.2 Å². The summed E-state index contributed by atoms with van der Waals surface area (Å²) in [5.41, 5.74) is 1.35. The molecule has 1 amide bonds. The second-order valence-corrected chi connectivity index (χ2v) is 10.7. The highest BCUT2D eigenvalue weighted by molar-refractivity contribution is 6.29. The number of rotatable bonds is 16. The van der Waals surface area contributed by atoms with Crippen LogP contribution in [0.1, 0.15) is 49.8 Å². The van der Waals surface area contributed by atoms with Crippen molar-refractivity contribution in [2.45, 2.75) is 69.1 Å². The van der Waals surface area contributed by atoms with Crippen LogP contribution < -0.4 is 10.6 Å². The van der Waals surface area contributed by atoms with Crippen LogP contribution in [0.25, 0.3) is 0 Å². The Balaban J connectivity index is 1.30. The van der Waals surface area contributed by atoms with Gasteiger partial charge in [-0.25, -0.2) is 18.9 Å². The number of halogens is 2. The fraction of sp³-hybridized carbons (Fsp3) is 0.630. The molecule has 2 aliphatic rings. The van der Waals surface area contributed by atoms with Crippen molar-refractivity contribution in [3.8, 4) is 0 Å². The lowest BCUT2D eigenvalue weighted by Gasteiger charge is -2.27. The highest BCUT2D eigenvalue weighted by atomic mass is 35.5. The van der Waals surface area contributed by atoms with Gasteiger partial charge in [-0.3, -0.25) is 4.79 Å². The number of aromatic nitrogens is 3. The first-order valence-corrected chi connectivity index (χ1v) is 14.0. The van der Waals surface area contributed by atoms with Crippen LogP contribution in [0.4, 0.5) is 10.2 Å². The van der Waals surface area contributed by atoms with Crippen molar-refractivity contribution in [3.05, 3.63) is 40.8 Å². The number of methoxy groups -OCH3 is 1. The van der Waals surface area contributed by atoms with Crippen LogP contribution in [0.5, 0.6) is 0 Å². The van der Waals surface area contributed by atoms with E-state index in [-0.39, 0.29) is 6.42 Å². The molecule has 2 unspecified atom stereocenters. The molecular weight excluding hydrogens is 527 g/mol. The number of aryl methyl sites for hydroxylation is 2. The Hall–Kier alpha value is -2.76. The van der Waals surface area contributed by atoms with Crippen LogP contribution in [-0.2, 0) is 32.7 Å². The average molecular weight is 565 g/mol. The normalized spacial score (nSPS) is 17.2. The van der Waals surface area contributed by atoms with E-state index in [9.17, 15) is 19.1 Å². The molecule has 1 aliphatic heterocycles. The summed E-state index contributed by atoms with van der Waals surface area (Å²) in [6.07, 6.45) is 6.88. The van der Waals surface area contributed by atoms with E-state index in [4.69, 9.17) is 21.3 Å². The lowest BCUT2D eigenvalue weighted by molar-refractivity contribution is -0.143. The number of carboxylic acids is 1. The molecule has 1 fully saturated rings. The molecule has 1 aliphatic carbocycles. The van der Waals surface area contributed by atoms with E-state index < -0.39 is 36.2 Å². The van der Waals surface area contributed by atoms with Gasteiger partial charge in [0.2, 0.25) is 5.91 Å². The van der Waals surface area contributed by atoms with Gasteiger partial charge in [-0.2, -0.15) is 5.10 Å². The lowest BCUT2D eigenvalue weighted by Crippen LogP contribution is -2.49. The molecule has 10 nitrogen and oxygen atoms in total. The summed E-state index contributed by atoms with van der Waals surface area (Å²) in [5, 5.41) is 20.3. The van der Waals surface area contributed by atoms with Gasteiger partial charge in [0.25, 0.3) is 0 Å². The van der Waals surface area contributed by atoms with Crippen molar-refractivity contribution >= 4 is 29.3 Å². The van der Waals surface area contributed by atoms with Crippen LogP contribution in [0, 0.1) is 0 Å². The zero-order valence-corrected chi connectivity index (χ0v) is 23.1. The predicted octanol–water partition coefficient (Wildman–Crippen LogP) is 3.05. The summed E-state index contributed by atoms with van der Waals surface area (Å²) in [6, 6.07) is 4.73. The van der Waals surface area contributed by atoms with Gasteiger partial charge in [-0.05, 0) is 75.6 Å². The number of amides is 1. The number of anilines is 1. The van der Waals surface area contributed by atoms with Crippen molar-refractivity contribution in [2.75, 3.05) is 45.3 Å². The fourth-order valence-electron chi connectivity index (χ4n) is 5.04. The molecule has 2 aromatic heterocycles. The van der Waals surface area contributed by atoms with Crippen LogP contribution in [0.3, 0.4) is 0 Å². The molecule has 39 heavy (non-hydrogen) atoms. The number of carbonyl (C=O) groups is 2. The minimum absolute atomic E-state index is 0.171. The highest BCUT2D eigenvalue weighted by Gasteiger charge is 2.54. The summed E-state index contributed by atoms with van der Waals surface area (Å²) >= 11 is 6.16. The standard InChI is InChI=1S/C27H38ClFN6O4/c1-39-21(17-29)18-34(15-3-2-6-20-8-7-19-5-4-13-30-24(19)32-20)16-10-22(25(36)37)33-26(38)27(11-12-27)35-23(28)9-14-31-35/h7-9,14,21-22H,2-6,10-13,15-18H2,1H3,(H,30,32)(H,33,38)(H,36,37). The zero-order chi connectivity index (χ0) is 27.8. The third-order valence-electron chi connectivity index (χ3n) is 7.56. The first kappa shape index (κ1) is 29.2. The maximum atomic E-state index is 13.4. The van der Waals surface area contributed by atoms with E-state index in [1.165, 1.54) is 23.6 Å². The van der Waals surface area contributed by atoms with Gasteiger partial charge >= 0.3 is 5.97 Å². The van der Waals surface area contributed by atoms with Gasteiger partial charge in [-0.15, -0.1) is 0 Å². The Morgan fingerprint density at radius 3 is 2.79 bits per heavy atom. The topological polar surface area (TPSA) is 122 Å². The maximum Gasteiger partial charge on any atom is 0.326 e. The molecule has 2 aromatic rings. The second kappa shape index (κ2) is 13.5. The minimum atomic E-state index is -1.12. The summed E-state index contributed by atoms with van der Waals surface area (Å²) in [5.74, 6) is -0.542. The number of pyridine rings is 1. The Morgan fingerprint density at radius 2 is 2.13 bits per heavy atom. The van der Waals surface area contributed by atoms with Crippen molar-refractivity contribution in [1.82, 2.24) is 25.0 Å². The highest BCUT2D eigenvalue weighted by Crippen LogP contribution is 2.45. The maximum absolute atomic E-state index is 13.4. The molecule has 3 heterocycles. The van der Waals surface area contributed by atoms with Crippen LogP contribution in [-0.4, -0.2) is 88.8 Å². The number of nitrogens with one attached hydrogen (secondary N) is 2. The Labute approximate surface area is 233 Å². The zero-order valence-electron chi connectivity index (χ0n) is 22.4. The second-order valence-electron chi connectivity index (χ2n) is 10.4. The summed E-state index contributed by atoms with van der Waals surface area (Å²) in [6.45, 7) is 1.67. The molecule has 0 radical (unpaired) electrons. The van der Waals surface area contributed by atoms with E-state index in [0.717, 1.165) is 50.2 Å². The molecule has 3 N–H and O–H groups in total. The molecule has 0 aromatic carbocycles. The number of ether oxygens (including phenoxy) is 1. The van der Waals surface area contributed by atoms with Crippen molar-refractivity contribution in [1.29, 1.82) is 0 Å². The van der Waals surface area contributed by atoms with E-state index in [2.05, 4.69) is 27.9 Å². The lowest BCUT2D eigenvalue weighted by atomic mass is 10.1.